The molecule has 2 bridgehead atoms. The Balaban J connectivity index is 0.000000656. The third-order valence-corrected chi connectivity index (χ3v) is 12.0. The van der Waals surface area contributed by atoms with Gasteiger partial charge in [-0.3, -0.25) is 26.8 Å². The van der Waals surface area contributed by atoms with E-state index in [1.54, 1.807) is 6.08 Å². The van der Waals surface area contributed by atoms with Crippen molar-refractivity contribution in [2.24, 2.45) is 11.8 Å². The van der Waals surface area contributed by atoms with Gasteiger partial charge in [-0.25, -0.2) is 4.21 Å². The van der Waals surface area contributed by atoms with Crippen LogP contribution in [0.1, 0.15) is 66.2 Å². The molecule has 2 aliphatic heterocycles. The third-order valence-electron chi connectivity index (χ3n) is 6.82. The van der Waals surface area contributed by atoms with Crippen molar-refractivity contribution in [2.75, 3.05) is 11.5 Å². The van der Waals surface area contributed by atoms with Crippen LogP contribution in [0.2, 0.25) is 0 Å². The van der Waals surface area contributed by atoms with Crippen LogP contribution < -0.4 is 0 Å². The molecule has 0 spiro atoms. The Morgan fingerprint density at radius 2 is 2.06 bits per heavy atom. The Labute approximate surface area is 227 Å². The molecule has 0 aromatic heterocycles. The van der Waals surface area contributed by atoms with Gasteiger partial charge in [0, 0.05) is 36.5 Å². The number of carbonyl (C=O) groups excluding carboxylic acids is 2. The maximum atomic E-state index is 14.1. The van der Waals surface area contributed by atoms with Crippen molar-refractivity contribution >= 4 is 42.5 Å². The van der Waals surface area contributed by atoms with E-state index < -0.39 is 27.0 Å². The van der Waals surface area contributed by atoms with Gasteiger partial charge in [0.1, 0.15) is 17.3 Å². The fourth-order valence-corrected chi connectivity index (χ4v) is 11.4. The number of allylic oxidation sites excluding steroid dienone is 1. The number of esters is 2. The van der Waals surface area contributed by atoms with E-state index in [1.807, 2.05) is 33.1 Å². The molecular formula is C26H39O6OsS2-3. The molecule has 2 heterocycles. The maximum absolute atomic E-state index is 14.1. The number of fused-ring (bicyclic) bond motifs is 1. The summed E-state index contributed by atoms with van der Waals surface area (Å²) in [4.78, 5) is 24.6. The molecule has 202 valence electrons. The van der Waals surface area contributed by atoms with Gasteiger partial charge in [-0.05, 0) is 64.5 Å². The predicted molar refractivity (Wildman–Crippen MR) is 140 cm³/mol. The van der Waals surface area contributed by atoms with Crippen LogP contribution in [-0.4, -0.2) is 60.4 Å². The fourth-order valence-electron chi connectivity index (χ4n) is 5.65. The van der Waals surface area contributed by atoms with Crippen LogP contribution in [-0.2, 0) is 52.8 Å². The zero-order valence-corrected chi connectivity index (χ0v) is 25.4. The van der Waals surface area contributed by atoms with Crippen molar-refractivity contribution in [3.63, 3.8) is 0 Å². The van der Waals surface area contributed by atoms with E-state index in [-0.39, 0.29) is 59.4 Å². The monoisotopic (exact) mass is 703 g/mol. The first kappa shape index (κ1) is 30.6. The number of carbonyl (C=O) groups is 2. The van der Waals surface area contributed by atoms with Gasteiger partial charge < -0.3 is 23.0 Å². The molecule has 0 aromatic carbocycles. The molecule has 2 aliphatic carbocycles. The minimum Gasteiger partial charge on any atom is -0.518 e. The van der Waals surface area contributed by atoms with Gasteiger partial charge in [-0.15, -0.1) is 0 Å². The maximum Gasteiger partial charge on any atom is 0.315 e. The largest absolute Gasteiger partial charge is 0.518 e. The fraction of sp³-hybridized carbons (Fsp3) is 0.692. The van der Waals surface area contributed by atoms with E-state index in [9.17, 15) is 13.8 Å². The normalized spacial score (nSPS) is 36.8. The van der Waals surface area contributed by atoms with E-state index in [0.29, 0.717) is 5.75 Å². The molecule has 0 aromatic rings. The average molecular weight is 702 g/mol. The van der Waals surface area contributed by atoms with Crippen molar-refractivity contribution in [2.45, 2.75) is 88.8 Å². The zero-order valence-electron chi connectivity index (χ0n) is 21.2. The number of rotatable bonds is 5. The first-order valence-electron chi connectivity index (χ1n) is 12.0. The van der Waals surface area contributed by atoms with Crippen molar-refractivity contribution in [3.05, 3.63) is 26.5 Å². The summed E-state index contributed by atoms with van der Waals surface area (Å²) in [6.45, 7) is 19.4. The summed E-state index contributed by atoms with van der Waals surface area (Å²) in [6.07, 6.45) is 6.36. The van der Waals surface area contributed by atoms with Gasteiger partial charge in [-0.2, -0.15) is 16.9 Å². The van der Waals surface area contributed by atoms with Crippen molar-refractivity contribution in [1.29, 1.82) is 0 Å². The van der Waals surface area contributed by atoms with Gasteiger partial charge in [-0.1, -0.05) is 6.42 Å². The van der Waals surface area contributed by atoms with Gasteiger partial charge in [0.05, 0.1) is 20.8 Å². The second kappa shape index (κ2) is 11.8. The molecule has 2 saturated carbocycles. The van der Waals surface area contributed by atoms with E-state index in [1.165, 1.54) is 0 Å². The summed E-state index contributed by atoms with van der Waals surface area (Å²) in [5.41, 5.74) is -1.21. The number of unbranched alkanes of at least 4 members (excludes halogenated alkanes) is 1. The van der Waals surface area contributed by atoms with Gasteiger partial charge in [0.2, 0.25) is 0 Å². The van der Waals surface area contributed by atoms with Gasteiger partial charge >= 0.3 is 5.97 Å². The molecule has 0 N–H and O–H groups in total. The Morgan fingerprint density at radius 3 is 2.60 bits per heavy atom. The van der Waals surface area contributed by atoms with Crippen LogP contribution in [0.15, 0.2) is 6.08 Å². The molecule has 3 fully saturated rings. The van der Waals surface area contributed by atoms with E-state index in [4.69, 9.17) is 20.2 Å². The number of ether oxygens (including phenoxy) is 2. The predicted octanol–water partition coefficient (Wildman–Crippen LogP) is 4.10. The van der Waals surface area contributed by atoms with Crippen molar-refractivity contribution in [3.8, 4) is 0 Å². The van der Waals surface area contributed by atoms with Crippen molar-refractivity contribution in [1.82, 2.24) is 0 Å². The Bertz CT molecular complexity index is 975. The minimum atomic E-state index is -2.67. The van der Waals surface area contributed by atoms with Gasteiger partial charge in [0.25, 0.3) is 0 Å². The Kier molecular flexibility index (Phi) is 10.4. The summed E-state index contributed by atoms with van der Waals surface area (Å²) in [5.74, 6) is 0.794. The molecule has 0 radical (unpaired) electrons. The van der Waals surface area contributed by atoms with Crippen LogP contribution in [0, 0.1) is 32.3 Å². The van der Waals surface area contributed by atoms with Crippen LogP contribution in [0.4, 0.5) is 0 Å². The topological polar surface area (TPSA) is 78.9 Å². The minimum absolute atomic E-state index is 0. The molecule has 0 amide bonds. The standard InChI is InChI=1S/C21H31O6S2.C5H8.Os/c1-13(22)25-19-14-9-16-17(10-14)29(24,27-21(16,19)5)15-7-6-8-28(11-15)12-18(23)26-20(2,3)4;1-3-5-4-2;/h11,14,16-17,19H,1,6-10,12H2,2-5H3;1,3H,2,4-5H2;/q-1;-2;/t14?,16?,17?,19?,21-,28?,29?;;/m1../s1. The molecule has 4 aliphatic rings. The third kappa shape index (κ3) is 6.64. The molecular weight excluding hydrogens is 663 g/mol. The first-order valence-corrected chi connectivity index (χ1v) is 15.2. The van der Waals surface area contributed by atoms with Crippen molar-refractivity contribution < 1.29 is 47.2 Å². The number of hydrogen-bond donors (Lipinski definition) is 0. The Hall–Kier alpha value is -0.614. The SMILES string of the molecule is [CH-]=CCC[CH2-].[CH2-]C(=O)OC1C2CC3C(C2)S(=O)(=C2C=S(CC(=O)OC(C)(C)C)CCC2)O[C@]31C.[Os]. The molecule has 1 saturated heterocycles. The molecule has 35 heavy (non-hydrogen) atoms. The quantitative estimate of drug-likeness (QED) is 0.244. The zero-order chi connectivity index (χ0) is 25.3. The second-order valence-corrected chi connectivity index (χ2v) is 15.0. The van der Waals surface area contributed by atoms with Crippen LogP contribution in [0.5, 0.6) is 0 Å². The van der Waals surface area contributed by atoms with E-state index >= 15 is 0 Å². The smallest absolute Gasteiger partial charge is 0.315 e. The molecule has 4 rings (SSSR count). The summed E-state index contributed by atoms with van der Waals surface area (Å²) >= 11 is 0. The average Bonchev–Trinajstić information content (AvgIpc) is 3.31. The van der Waals surface area contributed by atoms with Crippen LogP contribution in [0.25, 0.3) is 0 Å². The van der Waals surface area contributed by atoms with Crippen LogP contribution in [0.3, 0.4) is 0 Å². The van der Waals surface area contributed by atoms with Gasteiger partial charge in [0.15, 0.2) is 5.97 Å². The molecule has 6 unspecified atom stereocenters. The van der Waals surface area contributed by atoms with Crippen LogP contribution >= 0.6 is 10.5 Å². The first-order chi connectivity index (χ1) is 15.8. The van der Waals surface area contributed by atoms with E-state index in [2.05, 4.69) is 13.8 Å². The summed E-state index contributed by atoms with van der Waals surface area (Å²) in [7, 11) is -2.96. The summed E-state index contributed by atoms with van der Waals surface area (Å²) < 4.78 is 31.4. The molecule has 6 nitrogen and oxygen atoms in total. The van der Waals surface area contributed by atoms with E-state index in [0.717, 1.165) is 49.1 Å². The number of hydrogen-bond acceptors (Lipinski definition) is 6. The summed E-state index contributed by atoms with van der Waals surface area (Å²) in [5, 5.41) is 2.02. The molecule has 9 heteroatoms. The Morgan fingerprint density at radius 1 is 1.37 bits per heavy atom. The summed E-state index contributed by atoms with van der Waals surface area (Å²) in [6, 6.07) is 0. The second-order valence-electron chi connectivity index (χ2n) is 10.6. The molecule has 7 atom stereocenters.